The van der Waals surface area contributed by atoms with Gasteiger partial charge in [0.15, 0.2) is 0 Å². The summed E-state index contributed by atoms with van der Waals surface area (Å²) in [6.45, 7) is 6.97. The third-order valence-corrected chi connectivity index (χ3v) is 6.34. The molecule has 0 saturated carbocycles. The van der Waals surface area contributed by atoms with E-state index in [0.717, 1.165) is 19.5 Å². The van der Waals surface area contributed by atoms with Crippen LogP contribution in [0.3, 0.4) is 0 Å². The normalized spacial score (nSPS) is 30.7. The summed E-state index contributed by atoms with van der Waals surface area (Å²) in [6, 6.07) is 6.29. The highest BCUT2D eigenvalue weighted by Crippen LogP contribution is 2.44. The van der Waals surface area contributed by atoms with E-state index in [2.05, 4.69) is 36.9 Å². The molecular formula is C20H25N2O4-. The lowest BCUT2D eigenvalue weighted by atomic mass is 9.78. The molecule has 26 heavy (non-hydrogen) atoms. The van der Waals surface area contributed by atoms with Crippen LogP contribution in [0.2, 0.25) is 0 Å². The molecule has 140 valence electrons. The highest BCUT2D eigenvalue weighted by molar-refractivity contribution is 5.86. The summed E-state index contributed by atoms with van der Waals surface area (Å²) < 4.78 is 5.71. The first kappa shape index (κ1) is 17.3. The third kappa shape index (κ3) is 2.76. The van der Waals surface area contributed by atoms with E-state index in [-0.39, 0.29) is 18.1 Å². The number of fused-ring (bicyclic) bond motifs is 2. The van der Waals surface area contributed by atoms with E-state index >= 15 is 0 Å². The zero-order valence-electron chi connectivity index (χ0n) is 15.3. The average Bonchev–Trinajstić information content (AvgIpc) is 3.25. The molecular weight excluding hydrogens is 332 g/mol. The molecule has 0 aliphatic carbocycles. The van der Waals surface area contributed by atoms with Gasteiger partial charge in [0.05, 0.1) is 18.1 Å². The van der Waals surface area contributed by atoms with Gasteiger partial charge >= 0.3 is 0 Å². The molecule has 0 radical (unpaired) electrons. The number of benzene rings is 1. The summed E-state index contributed by atoms with van der Waals surface area (Å²) >= 11 is 0. The minimum atomic E-state index is -1.15. The number of anilines is 1. The van der Waals surface area contributed by atoms with Crippen LogP contribution in [0, 0.1) is 25.7 Å². The molecule has 1 amide bonds. The van der Waals surface area contributed by atoms with Crippen LogP contribution in [-0.4, -0.2) is 55.2 Å². The van der Waals surface area contributed by atoms with Gasteiger partial charge in [0, 0.05) is 43.8 Å². The fraction of sp³-hybridized carbons (Fsp3) is 0.600. The molecule has 0 unspecified atom stereocenters. The van der Waals surface area contributed by atoms with E-state index in [1.807, 2.05) is 4.90 Å². The molecule has 3 heterocycles. The van der Waals surface area contributed by atoms with E-state index in [1.165, 1.54) is 16.8 Å². The number of carbonyl (C=O) groups excluding carboxylic acids is 2. The Hall–Kier alpha value is -2.08. The predicted molar refractivity (Wildman–Crippen MR) is 94.6 cm³/mol. The Morgan fingerprint density at radius 3 is 2.35 bits per heavy atom. The Morgan fingerprint density at radius 2 is 1.69 bits per heavy atom. The maximum absolute atomic E-state index is 13.0. The van der Waals surface area contributed by atoms with Gasteiger partial charge in [0.2, 0.25) is 5.91 Å². The van der Waals surface area contributed by atoms with Gasteiger partial charge in [-0.3, -0.25) is 4.79 Å². The van der Waals surface area contributed by atoms with Gasteiger partial charge < -0.3 is 24.4 Å². The lowest BCUT2D eigenvalue weighted by Crippen LogP contribution is -2.54. The summed E-state index contributed by atoms with van der Waals surface area (Å²) in [7, 11) is 0. The number of amides is 1. The number of nitrogens with zero attached hydrogens (tertiary/aromatic N) is 2. The van der Waals surface area contributed by atoms with Crippen molar-refractivity contribution >= 4 is 17.6 Å². The molecule has 0 N–H and O–H groups in total. The van der Waals surface area contributed by atoms with Crippen LogP contribution in [-0.2, 0) is 14.3 Å². The Bertz CT molecular complexity index is 727. The quantitative estimate of drug-likeness (QED) is 0.787. The average molecular weight is 357 g/mol. The fourth-order valence-corrected chi connectivity index (χ4v) is 4.75. The Balaban J connectivity index is 1.44. The van der Waals surface area contributed by atoms with E-state index in [1.54, 1.807) is 0 Å². The van der Waals surface area contributed by atoms with Crippen LogP contribution < -0.4 is 10.0 Å². The highest BCUT2D eigenvalue weighted by atomic mass is 16.5. The Morgan fingerprint density at radius 1 is 1.04 bits per heavy atom. The second kappa shape index (κ2) is 6.58. The van der Waals surface area contributed by atoms with Crippen molar-refractivity contribution in [1.29, 1.82) is 0 Å². The first-order valence-corrected chi connectivity index (χ1v) is 9.43. The molecule has 2 bridgehead atoms. The van der Waals surface area contributed by atoms with Crippen LogP contribution in [0.25, 0.3) is 0 Å². The zero-order chi connectivity index (χ0) is 18.4. The minimum absolute atomic E-state index is 0.0768. The molecule has 3 aliphatic heterocycles. The molecule has 4 rings (SSSR count). The molecule has 6 heteroatoms. The maximum Gasteiger partial charge on any atom is 0.229 e. The largest absolute Gasteiger partial charge is 0.550 e. The summed E-state index contributed by atoms with van der Waals surface area (Å²) in [5, 5.41) is 11.5. The van der Waals surface area contributed by atoms with Crippen LogP contribution in [0.4, 0.5) is 5.69 Å². The van der Waals surface area contributed by atoms with Gasteiger partial charge in [0.25, 0.3) is 0 Å². The number of carbonyl (C=O) groups is 2. The number of rotatable bonds is 3. The summed E-state index contributed by atoms with van der Waals surface area (Å²) in [5.74, 6) is -2.60. The predicted octanol–water partition coefficient (Wildman–Crippen LogP) is 0.496. The smallest absolute Gasteiger partial charge is 0.229 e. The van der Waals surface area contributed by atoms with E-state index < -0.39 is 17.8 Å². The summed E-state index contributed by atoms with van der Waals surface area (Å²) in [4.78, 5) is 28.6. The molecule has 0 spiro atoms. The van der Waals surface area contributed by atoms with Gasteiger partial charge in [-0.1, -0.05) is 12.1 Å². The lowest BCUT2D eigenvalue weighted by molar-refractivity contribution is -0.314. The number of aryl methyl sites for hydroxylation is 1. The zero-order valence-corrected chi connectivity index (χ0v) is 15.3. The van der Waals surface area contributed by atoms with Crippen molar-refractivity contribution in [3.8, 4) is 0 Å². The molecule has 0 aromatic heterocycles. The molecule has 6 nitrogen and oxygen atoms in total. The SMILES string of the molecule is Cc1cccc(N2CCN(C(=O)[C@H]3[C@@H](C(=O)[O-])[C@H]4CC[C@@H]3O4)CC2)c1C. The Kier molecular flexibility index (Phi) is 4.39. The molecule has 1 aromatic rings. The number of carboxylic acid groups (broad SMARTS) is 1. The summed E-state index contributed by atoms with van der Waals surface area (Å²) in [6.07, 6.45) is 0.878. The lowest BCUT2D eigenvalue weighted by Gasteiger charge is -2.39. The Labute approximate surface area is 153 Å². The van der Waals surface area contributed by atoms with Gasteiger partial charge in [-0.2, -0.15) is 0 Å². The number of ether oxygens (including phenoxy) is 1. The number of aliphatic carboxylic acids is 1. The van der Waals surface area contributed by atoms with E-state index in [0.29, 0.717) is 19.5 Å². The van der Waals surface area contributed by atoms with Gasteiger partial charge in [0.1, 0.15) is 0 Å². The minimum Gasteiger partial charge on any atom is -0.550 e. The topological polar surface area (TPSA) is 72.9 Å². The molecule has 3 aliphatic rings. The number of hydrogen-bond acceptors (Lipinski definition) is 5. The summed E-state index contributed by atoms with van der Waals surface area (Å²) in [5.41, 5.74) is 3.75. The van der Waals surface area contributed by atoms with Crippen molar-refractivity contribution in [3.05, 3.63) is 29.3 Å². The first-order valence-electron chi connectivity index (χ1n) is 9.43. The van der Waals surface area contributed by atoms with Crippen molar-refractivity contribution in [2.75, 3.05) is 31.1 Å². The van der Waals surface area contributed by atoms with Crippen LogP contribution >= 0.6 is 0 Å². The maximum atomic E-state index is 13.0. The van der Waals surface area contributed by atoms with Gasteiger partial charge in [-0.15, -0.1) is 0 Å². The molecule has 4 atom stereocenters. The standard InChI is InChI=1S/C20H26N2O4/c1-12-4-3-5-14(13(12)2)21-8-10-22(11-9-21)19(23)17-15-6-7-16(26-15)18(17)20(24)25/h3-5,15-18H,6-11H2,1-2H3,(H,24,25)/p-1/t15-,16+,17+,18-/m0/s1. The number of carboxylic acids is 1. The van der Waals surface area contributed by atoms with Crippen LogP contribution in [0.15, 0.2) is 18.2 Å². The molecule has 3 fully saturated rings. The first-order chi connectivity index (χ1) is 12.5. The molecule has 1 aromatic carbocycles. The number of hydrogen-bond donors (Lipinski definition) is 0. The van der Waals surface area contributed by atoms with Crippen LogP contribution in [0.5, 0.6) is 0 Å². The highest BCUT2D eigenvalue weighted by Gasteiger charge is 2.53. The second-order valence-corrected chi connectivity index (χ2v) is 7.69. The fourth-order valence-electron chi connectivity index (χ4n) is 4.75. The van der Waals surface area contributed by atoms with Crippen molar-refractivity contribution in [2.45, 2.75) is 38.9 Å². The monoisotopic (exact) mass is 357 g/mol. The molecule has 3 saturated heterocycles. The van der Waals surface area contributed by atoms with E-state index in [9.17, 15) is 14.7 Å². The van der Waals surface area contributed by atoms with Crippen LogP contribution in [0.1, 0.15) is 24.0 Å². The van der Waals surface area contributed by atoms with Gasteiger partial charge in [-0.25, -0.2) is 0 Å². The second-order valence-electron chi connectivity index (χ2n) is 7.69. The van der Waals surface area contributed by atoms with Crippen molar-refractivity contribution in [2.24, 2.45) is 11.8 Å². The van der Waals surface area contributed by atoms with Crippen molar-refractivity contribution < 1.29 is 19.4 Å². The van der Waals surface area contributed by atoms with Crippen molar-refractivity contribution in [1.82, 2.24) is 4.90 Å². The number of piperazine rings is 1. The van der Waals surface area contributed by atoms with E-state index in [4.69, 9.17) is 4.74 Å². The van der Waals surface area contributed by atoms with Crippen molar-refractivity contribution in [3.63, 3.8) is 0 Å². The van der Waals surface area contributed by atoms with Gasteiger partial charge in [-0.05, 0) is 43.9 Å². The third-order valence-electron chi connectivity index (χ3n) is 6.34.